The van der Waals surface area contributed by atoms with E-state index in [2.05, 4.69) is 37.6 Å². The van der Waals surface area contributed by atoms with Crippen LogP contribution in [0.3, 0.4) is 0 Å². The van der Waals surface area contributed by atoms with Crippen molar-refractivity contribution in [1.29, 1.82) is 0 Å². The van der Waals surface area contributed by atoms with E-state index in [1.807, 2.05) is 6.07 Å². The summed E-state index contributed by atoms with van der Waals surface area (Å²) in [6.45, 7) is 3.36. The van der Waals surface area contributed by atoms with Crippen molar-refractivity contribution < 1.29 is 41.9 Å². The van der Waals surface area contributed by atoms with Crippen LogP contribution in [0.25, 0.3) is 11.5 Å². The van der Waals surface area contributed by atoms with Gasteiger partial charge in [0, 0.05) is 75.7 Å². The summed E-state index contributed by atoms with van der Waals surface area (Å²) in [7, 11) is 3.54. The summed E-state index contributed by atoms with van der Waals surface area (Å²) < 4.78 is 41.8. The minimum absolute atomic E-state index is 0.0147. The summed E-state index contributed by atoms with van der Waals surface area (Å²) in [6.07, 6.45) is 11.2. The van der Waals surface area contributed by atoms with E-state index in [9.17, 15) is 32.8 Å². The van der Waals surface area contributed by atoms with Gasteiger partial charge in [0.15, 0.2) is 11.4 Å². The SMILES string of the molecule is CN(CCCOCCCNc1cccc2c1C(=O)N(C1CCC(=O)NC1=O)C2=O)CC1CCC(n2cc(N(C)C(=O)c3coc(-c4ccnc(CCC5CC5)c4)n3)c(C(F)F)n2)CC1. The van der Waals surface area contributed by atoms with Gasteiger partial charge in [-0.2, -0.15) is 5.10 Å². The number of carbonyl (C=O) groups excluding carboxylic acids is 5. The molecule has 4 aliphatic rings. The highest BCUT2D eigenvalue weighted by Gasteiger charge is 2.45. The van der Waals surface area contributed by atoms with Crippen LogP contribution in [0.15, 0.2) is 53.4 Å². The number of piperidine rings is 1. The molecule has 2 aliphatic heterocycles. The lowest BCUT2D eigenvalue weighted by molar-refractivity contribution is -0.136. The third-order valence-corrected chi connectivity index (χ3v) is 12.7. The summed E-state index contributed by atoms with van der Waals surface area (Å²) in [5.41, 5.74) is 2.24. The van der Waals surface area contributed by atoms with Crippen molar-refractivity contribution >= 4 is 40.9 Å². The molecule has 8 rings (SSSR count). The molecule has 3 aromatic heterocycles. The van der Waals surface area contributed by atoms with Crippen LogP contribution in [0.1, 0.15) is 126 Å². The number of fused-ring (bicyclic) bond motifs is 1. The number of rotatable bonds is 20. The maximum atomic E-state index is 14.3. The van der Waals surface area contributed by atoms with Gasteiger partial charge < -0.3 is 24.3 Å². The average molecular weight is 884 g/mol. The van der Waals surface area contributed by atoms with E-state index in [0.717, 1.165) is 74.5 Å². The standard InChI is InChI=1S/C46H55F2N9O7/c1-54(21-5-23-63-22-4-19-50-34-7-3-6-33-39(34)46(62)57(44(33)60)36-16-17-38(58)52-42(36)59)25-29-11-14-32(15-12-29)56-26-37(40(53-56)41(47)48)55(2)45(61)35-27-64-43(51-35)30-18-20-49-31(24-30)13-10-28-8-9-28/h3,6-7,18,20,24,26-29,32,36,41,50H,4-5,8-17,19,21-23,25H2,1-2H3,(H,52,58,59). The van der Waals surface area contributed by atoms with Gasteiger partial charge in [-0.25, -0.2) is 13.8 Å². The predicted molar refractivity (Wildman–Crippen MR) is 231 cm³/mol. The number of anilines is 2. The molecule has 16 nitrogen and oxygen atoms in total. The number of ether oxygens (including phenoxy) is 1. The van der Waals surface area contributed by atoms with Crippen molar-refractivity contribution in [1.82, 2.24) is 34.9 Å². The summed E-state index contributed by atoms with van der Waals surface area (Å²) in [6, 6.07) is 7.60. The minimum Gasteiger partial charge on any atom is -0.444 e. The van der Waals surface area contributed by atoms with Crippen LogP contribution in [0.2, 0.25) is 0 Å². The molecule has 64 heavy (non-hydrogen) atoms. The smallest absolute Gasteiger partial charge is 0.284 e. The number of benzene rings is 1. The molecule has 0 spiro atoms. The maximum Gasteiger partial charge on any atom is 0.284 e. The molecular formula is C46H55F2N9O7. The number of amides is 5. The quantitative estimate of drug-likeness (QED) is 0.0730. The van der Waals surface area contributed by atoms with Crippen molar-refractivity contribution in [2.75, 3.05) is 57.2 Å². The monoisotopic (exact) mass is 883 g/mol. The number of aromatic nitrogens is 4. The number of hydrogen-bond acceptors (Lipinski definition) is 12. The second-order valence-corrected chi connectivity index (χ2v) is 17.5. The number of hydrogen-bond donors (Lipinski definition) is 2. The first-order valence-corrected chi connectivity index (χ1v) is 22.4. The van der Waals surface area contributed by atoms with E-state index >= 15 is 0 Å². The number of halogens is 2. The summed E-state index contributed by atoms with van der Waals surface area (Å²) in [5.74, 6) is -1.22. The number of nitrogens with zero attached hydrogens (tertiary/aromatic N) is 7. The number of pyridine rings is 1. The zero-order valence-corrected chi connectivity index (χ0v) is 36.3. The van der Waals surface area contributed by atoms with E-state index in [-0.39, 0.29) is 47.3 Å². The van der Waals surface area contributed by atoms with E-state index < -0.39 is 47.7 Å². The molecule has 4 aromatic rings. The first-order chi connectivity index (χ1) is 30.9. The minimum atomic E-state index is -2.87. The van der Waals surface area contributed by atoms with Gasteiger partial charge in [0.25, 0.3) is 24.1 Å². The number of aryl methyl sites for hydroxylation is 1. The molecule has 1 unspecified atom stereocenters. The van der Waals surface area contributed by atoms with Gasteiger partial charge in [0.2, 0.25) is 17.7 Å². The molecule has 1 atom stereocenters. The number of alkyl halides is 2. The third-order valence-electron chi connectivity index (χ3n) is 12.7. The fourth-order valence-corrected chi connectivity index (χ4v) is 9.01. The Hall–Kier alpha value is -5.88. The highest BCUT2D eigenvalue weighted by molar-refractivity contribution is 6.25. The molecule has 0 radical (unpaired) electrons. The normalized spacial score (nSPS) is 20.0. The number of imide groups is 2. The van der Waals surface area contributed by atoms with Crippen molar-refractivity contribution in [3.63, 3.8) is 0 Å². The van der Waals surface area contributed by atoms with Gasteiger partial charge in [-0.1, -0.05) is 18.9 Å². The van der Waals surface area contributed by atoms with Gasteiger partial charge in [-0.05, 0) is 101 Å². The Balaban J connectivity index is 0.738. The second kappa shape index (κ2) is 19.9. The third kappa shape index (κ3) is 10.2. The van der Waals surface area contributed by atoms with Gasteiger partial charge in [-0.3, -0.25) is 43.9 Å². The second-order valence-electron chi connectivity index (χ2n) is 17.5. The van der Waals surface area contributed by atoms with Crippen LogP contribution in [0.4, 0.5) is 20.2 Å². The molecule has 0 bridgehead atoms. The number of nitrogens with one attached hydrogen (secondary N) is 2. The molecular weight excluding hydrogens is 829 g/mol. The molecule has 5 heterocycles. The molecule has 2 aliphatic carbocycles. The highest BCUT2D eigenvalue weighted by Crippen LogP contribution is 2.37. The van der Waals surface area contributed by atoms with E-state index in [0.29, 0.717) is 43.3 Å². The Bertz CT molecular complexity index is 2360. The van der Waals surface area contributed by atoms with Gasteiger partial charge in [0.1, 0.15) is 12.3 Å². The van der Waals surface area contributed by atoms with E-state index in [4.69, 9.17) is 9.15 Å². The lowest BCUT2D eigenvalue weighted by Gasteiger charge is -2.31. The molecule has 3 fully saturated rings. The topological polar surface area (TPSA) is 185 Å². The van der Waals surface area contributed by atoms with Crippen LogP contribution in [0.5, 0.6) is 0 Å². The van der Waals surface area contributed by atoms with Crippen molar-refractivity contribution in [3.8, 4) is 11.5 Å². The number of oxazole rings is 1. The highest BCUT2D eigenvalue weighted by atomic mass is 19.3. The first-order valence-electron chi connectivity index (χ1n) is 22.4. The van der Waals surface area contributed by atoms with Gasteiger partial charge in [0.05, 0.1) is 22.9 Å². The number of carbonyl (C=O) groups is 5. The Morgan fingerprint density at radius 3 is 2.55 bits per heavy atom. The lowest BCUT2D eigenvalue weighted by Crippen LogP contribution is -2.54. The van der Waals surface area contributed by atoms with Crippen LogP contribution < -0.4 is 15.5 Å². The fraction of sp³-hybridized carbons (Fsp3) is 0.522. The molecule has 1 aromatic carbocycles. The largest absolute Gasteiger partial charge is 0.444 e. The van der Waals surface area contributed by atoms with Crippen LogP contribution in [-0.2, 0) is 20.7 Å². The van der Waals surface area contributed by atoms with Crippen molar-refractivity contribution in [2.45, 2.75) is 95.6 Å². The van der Waals surface area contributed by atoms with E-state index in [1.165, 1.54) is 31.1 Å². The zero-order valence-electron chi connectivity index (χ0n) is 36.3. The van der Waals surface area contributed by atoms with Crippen molar-refractivity contribution in [2.24, 2.45) is 11.8 Å². The first kappa shape index (κ1) is 44.7. The van der Waals surface area contributed by atoms with Crippen LogP contribution in [0, 0.1) is 11.8 Å². The molecule has 18 heteroatoms. The molecule has 1 saturated heterocycles. The molecule has 5 amide bonds. The zero-order chi connectivity index (χ0) is 44.9. The Morgan fingerprint density at radius 1 is 1.00 bits per heavy atom. The fourth-order valence-electron chi connectivity index (χ4n) is 9.01. The lowest BCUT2D eigenvalue weighted by atomic mass is 9.86. The summed E-state index contributed by atoms with van der Waals surface area (Å²) >= 11 is 0. The predicted octanol–water partition coefficient (Wildman–Crippen LogP) is 6.46. The van der Waals surface area contributed by atoms with Gasteiger partial charge >= 0.3 is 0 Å². The Labute approximate surface area is 370 Å². The molecule has 2 saturated carbocycles. The molecule has 340 valence electrons. The average Bonchev–Trinajstić information content (AvgIpc) is 3.67. The molecule has 2 N–H and O–H groups in total. The van der Waals surface area contributed by atoms with Crippen molar-refractivity contribution in [3.05, 3.63) is 77.2 Å². The summed E-state index contributed by atoms with van der Waals surface area (Å²) in [4.78, 5) is 77.2. The van der Waals surface area contributed by atoms with Crippen LogP contribution >= 0.6 is 0 Å². The van der Waals surface area contributed by atoms with Gasteiger partial charge in [-0.15, -0.1) is 0 Å². The van der Waals surface area contributed by atoms with Crippen LogP contribution in [-0.4, -0.2) is 112 Å². The van der Waals surface area contributed by atoms with E-state index in [1.54, 1.807) is 41.3 Å². The Kier molecular flexibility index (Phi) is 13.9. The Morgan fingerprint density at radius 2 is 1.78 bits per heavy atom. The summed E-state index contributed by atoms with van der Waals surface area (Å²) in [5, 5.41) is 9.75. The maximum absolute atomic E-state index is 14.3.